The Labute approximate surface area is 134 Å². The van der Waals surface area contributed by atoms with E-state index in [0.717, 1.165) is 29.7 Å². The van der Waals surface area contributed by atoms with Crippen LogP contribution in [0.15, 0.2) is 34.8 Å². The average molecular weight is 349 g/mol. The molecule has 2 aromatic carbocycles. The number of fused-ring (bicyclic) bond motifs is 1. The predicted molar refractivity (Wildman–Crippen MR) is 90.7 cm³/mol. The summed E-state index contributed by atoms with van der Waals surface area (Å²) in [6.07, 6.45) is 1.10. The minimum absolute atomic E-state index is 0.373. The summed E-state index contributed by atoms with van der Waals surface area (Å²) < 4.78 is 6.75. The van der Waals surface area contributed by atoms with E-state index in [0.29, 0.717) is 12.0 Å². The molecule has 0 aliphatic carbocycles. The van der Waals surface area contributed by atoms with E-state index in [1.165, 1.54) is 16.3 Å². The van der Waals surface area contributed by atoms with Crippen LogP contribution in [0, 0.1) is 5.92 Å². The van der Waals surface area contributed by atoms with Crippen LogP contribution in [0.25, 0.3) is 10.8 Å². The van der Waals surface area contributed by atoms with E-state index in [2.05, 4.69) is 58.2 Å². The van der Waals surface area contributed by atoms with Gasteiger partial charge in [-0.15, -0.1) is 0 Å². The fourth-order valence-electron chi connectivity index (χ4n) is 3.44. The molecule has 3 rings (SSSR count). The van der Waals surface area contributed by atoms with Crippen molar-refractivity contribution in [3.63, 3.8) is 0 Å². The van der Waals surface area contributed by atoms with Crippen molar-refractivity contribution >= 4 is 26.7 Å². The van der Waals surface area contributed by atoms with Crippen molar-refractivity contribution in [2.24, 2.45) is 11.7 Å². The molecule has 1 aliphatic rings. The Bertz CT molecular complexity index is 659. The highest BCUT2D eigenvalue weighted by Crippen LogP contribution is 2.42. The van der Waals surface area contributed by atoms with E-state index in [9.17, 15) is 0 Å². The van der Waals surface area contributed by atoms with Crippen LogP contribution in [-0.2, 0) is 0 Å². The van der Waals surface area contributed by atoms with Gasteiger partial charge < -0.3 is 10.5 Å². The fourth-order valence-corrected chi connectivity index (χ4v) is 3.82. The zero-order valence-corrected chi connectivity index (χ0v) is 14.1. The van der Waals surface area contributed by atoms with E-state index < -0.39 is 0 Å². The lowest BCUT2D eigenvalue weighted by Gasteiger charge is -2.23. The number of rotatable bonds is 3. The van der Waals surface area contributed by atoms with Gasteiger partial charge in [0.2, 0.25) is 0 Å². The third kappa shape index (κ3) is 2.68. The zero-order chi connectivity index (χ0) is 15.0. The van der Waals surface area contributed by atoms with Crippen LogP contribution in [-0.4, -0.2) is 32.1 Å². The first-order valence-corrected chi connectivity index (χ1v) is 8.09. The first-order chi connectivity index (χ1) is 10.1. The lowest BCUT2D eigenvalue weighted by atomic mass is 9.94. The predicted octanol–water partition coefficient (Wildman–Crippen LogP) is 3.56. The van der Waals surface area contributed by atoms with Gasteiger partial charge in [-0.25, -0.2) is 0 Å². The zero-order valence-electron chi connectivity index (χ0n) is 12.5. The maximum atomic E-state index is 5.88. The maximum Gasteiger partial charge on any atom is 0.124 e. The highest BCUT2D eigenvalue weighted by molar-refractivity contribution is 9.10. The molecule has 0 radical (unpaired) electrons. The molecule has 4 heteroatoms. The highest BCUT2D eigenvalue weighted by Gasteiger charge is 2.32. The summed E-state index contributed by atoms with van der Waals surface area (Å²) in [6, 6.07) is 11.0. The van der Waals surface area contributed by atoms with Crippen LogP contribution in [0.5, 0.6) is 5.75 Å². The van der Waals surface area contributed by atoms with Crippen molar-refractivity contribution in [2.75, 3.05) is 27.2 Å². The van der Waals surface area contributed by atoms with E-state index in [1.807, 2.05) is 0 Å². The van der Waals surface area contributed by atoms with Gasteiger partial charge in [-0.3, -0.25) is 4.90 Å². The molecule has 0 aromatic heterocycles. The summed E-state index contributed by atoms with van der Waals surface area (Å²) in [5.41, 5.74) is 7.17. The first kappa shape index (κ1) is 14.8. The number of ether oxygens (including phenoxy) is 1. The molecule has 1 aliphatic heterocycles. The second-order valence-corrected chi connectivity index (χ2v) is 6.76. The van der Waals surface area contributed by atoms with Crippen molar-refractivity contribution in [1.82, 2.24) is 4.90 Å². The summed E-state index contributed by atoms with van der Waals surface area (Å²) in [6.45, 7) is 1.80. The molecule has 0 spiro atoms. The SMILES string of the molecule is COc1ccc2cc(Br)ccc2c1C1CC(CN)CN1C. The number of methoxy groups -OCH3 is 1. The van der Waals surface area contributed by atoms with Crippen molar-refractivity contribution in [1.29, 1.82) is 0 Å². The maximum absolute atomic E-state index is 5.88. The van der Waals surface area contributed by atoms with Gasteiger partial charge in [0, 0.05) is 22.6 Å². The fraction of sp³-hybridized carbons (Fsp3) is 0.412. The average Bonchev–Trinajstić information content (AvgIpc) is 2.86. The molecule has 0 amide bonds. The van der Waals surface area contributed by atoms with Crippen LogP contribution in [0.1, 0.15) is 18.0 Å². The topological polar surface area (TPSA) is 38.5 Å². The Morgan fingerprint density at radius 3 is 2.81 bits per heavy atom. The number of benzene rings is 2. The summed E-state index contributed by atoms with van der Waals surface area (Å²) in [7, 11) is 3.93. The van der Waals surface area contributed by atoms with Gasteiger partial charge in [-0.05, 0) is 54.9 Å². The van der Waals surface area contributed by atoms with Gasteiger partial charge in [0.1, 0.15) is 5.75 Å². The molecule has 1 fully saturated rings. The minimum Gasteiger partial charge on any atom is -0.496 e. The Kier molecular flexibility index (Phi) is 4.20. The van der Waals surface area contributed by atoms with Gasteiger partial charge >= 0.3 is 0 Å². The molecule has 21 heavy (non-hydrogen) atoms. The number of nitrogens with zero attached hydrogens (tertiary/aromatic N) is 1. The molecule has 2 unspecified atom stereocenters. The van der Waals surface area contributed by atoms with E-state index in [-0.39, 0.29) is 0 Å². The second kappa shape index (κ2) is 5.95. The molecule has 2 N–H and O–H groups in total. The molecule has 3 nitrogen and oxygen atoms in total. The Hall–Kier alpha value is -1.10. The number of nitrogens with two attached hydrogens (primary N) is 1. The summed E-state index contributed by atoms with van der Waals surface area (Å²) >= 11 is 3.55. The molecule has 112 valence electrons. The van der Waals surface area contributed by atoms with Gasteiger partial charge in [0.25, 0.3) is 0 Å². The van der Waals surface area contributed by atoms with E-state index >= 15 is 0 Å². The second-order valence-electron chi connectivity index (χ2n) is 5.84. The molecular weight excluding hydrogens is 328 g/mol. The lowest BCUT2D eigenvalue weighted by molar-refractivity contribution is 0.305. The van der Waals surface area contributed by atoms with Gasteiger partial charge in [-0.1, -0.05) is 28.1 Å². The Morgan fingerprint density at radius 2 is 2.14 bits per heavy atom. The van der Waals surface area contributed by atoms with Crippen LogP contribution in [0.2, 0.25) is 0 Å². The number of hydrogen-bond donors (Lipinski definition) is 1. The van der Waals surface area contributed by atoms with E-state index in [1.54, 1.807) is 7.11 Å². The molecule has 0 saturated carbocycles. The third-order valence-corrected chi connectivity index (χ3v) is 5.00. The van der Waals surface area contributed by atoms with Crippen molar-refractivity contribution in [2.45, 2.75) is 12.5 Å². The molecule has 0 bridgehead atoms. The highest BCUT2D eigenvalue weighted by atomic mass is 79.9. The number of halogens is 1. The smallest absolute Gasteiger partial charge is 0.124 e. The molecular formula is C17H21BrN2O. The van der Waals surface area contributed by atoms with Crippen LogP contribution in [0.4, 0.5) is 0 Å². The minimum atomic E-state index is 0.373. The van der Waals surface area contributed by atoms with Crippen LogP contribution >= 0.6 is 15.9 Å². The van der Waals surface area contributed by atoms with Crippen molar-refractivity contribution < 1.29 is 4.74 Å². The lowest BCUT2D eigenvalue weighted by Crippen LogP contribution is -2.21. The first-order valence-electron chi connectivity index (χ1n) is 7.30. The van der Waals surface area contributed by atoms with Crippen LogP contribution < -0.4 is 10.5 Å². The molecule has 1 heterocycles. The van der Waals surface area contributed by atoms with Gasteiger partial charge in [-0.2, -0.15) is 0 Å². The molecule has 2 aromatic rings. The standard InChI is InChI=1S/C17H21BrN2O/c1-20-10-11(9-19)7-15(20)17-14-5-4-13(18)8-12(14)3-6-16(17)21-2/h3-6,8,11,15H,7,9-10,19H2,1-2H3. The van der Waals surface area contributed by atoms with Crippen molar-refractivity contribution in [3.8, 4) is 5.75 Å². The summed E-state index contributed by atoms with van der Waals surface area (Å²) in [5.74, 6) is 1.54. The monoisotopic (exact) mass is 348 g/mol. The summed E-state index contributed by atoms with van der Waals surface area (Å²) in [4.78, 5) is 2.40. The van der Waals surface area contributed by atoms with Gasteiger partial charge in [0.05, 0.1) is 7.11 Å². The largest absolute Gasteiger partial charge is 0.496 e. The Morgan fingerprint density at radius 1 is 1.33 bits per heavy atom. The normalized spacial score (nSPS) is 22.9. The number of hydrogen-bond acceptors (Lipinski definition) is 3. The van der Waals surface area contributed by atoms with Crippen molar-refractivity contribution in [3.05, 3.63) is 40.4 Å². The number of likely N-dealkylation sites (tertiary alicyclic amines) is 1. The summed E-state index contributed by atoms with van der Waals surface area (Å²) in [5, 5.41) is 2.51. The van der Waals surface area contributed by atoms with Crippen LogP contribution in [0.3, 0.4) is 0 Å². The van der Waals surface area contributed by atoms with Gasteiger partial charge in [0.15, 0.2) is 0 Å². The molecule has 1 saturated heterocycles. The molecule has 2 atom stereocenters. The van der Waals surface area contributed by atoms with E-state index in [4.69, 9.17) is 10.5 Å². The Balaban J connectivity index is 2.15. The third-order valence-electron chi connectivity index (χ3n) is 4.50. The quantitative estimate of drug-likeness (QED) is 0.921.